The van der Waals surface area contributed by atoms with Crippen molar-refractivity contribution in [1.29, 1.82) is 0 Å². The van der Waals surface area contributed by atoms with Gasteiger partial charge in [-0.1, -0.05) is 42.5 Å². The summed E-state index contributed by atoms with van der Waals surface area (Å²) in [5.41, 5.74) is -0.111. The highest BCUT2D eigenvalue weighted by Gasteiger charge is 2.61. The highest BCUT2D eigenvalue weighted by molar-refractivity contribution is 5.86. The van der Waals surface area contributed by atoms with Gasteiger partial charge in [0.2, 0.25) is 0 Å². The van der Waals surface area contributed by atoms with Crippen LogP contribution in [0.3, 0.4) is 0 Å². The van der Waals surface area contributed by atoms with E-state index in [0.29, 0.717) is 10.8 Å². The Balaban J connectivity index is 2.56. The summed E-state index contributed by atoms with van der Waals surface area (Å²) < 4.78 is 63.8. The van der Waals surface area contributed by atoms with Gasteiger partial charge in [-0.05, 0) is 23.3 Å². The van der Waals surface area contributed by atoms with Crippen LogP contribution in [-0.2, 0) is 0 Å². The Morgan fingerprint density at radius 3 is 2.05 bits per heavy atom. The third-order valence-electron chi connectivity index (χ3n) is 3.01. The van der Waals surface area contributed by atoms with Gasteiger partial charge in [-0.15, -0.1) is 0 Å². The number of rotatable bonds is 2. The van der Waals surface area contributed by atoms with E-state index in [1.165, 1.54) is 18.2 Å². The van der Waals surface area contributed by atoms with Crippen LogP contribution in [0.15, 0.2) is 42.5 Å². The van der Waals surface area contributed by atoms with Gasteiger partial charge in [0.15, 0.2) is 0 Å². The zero-order valence-corrected chi connectivity index (χ0v) is 9.72. The lowest BCUT2D eigenvalue weighted by molar-refractivity contribution is -0.287. The predicted octanol–water partition coefficient (Wildman–Crippen LogP) is 4.96. The van der Waals surface area contributed by atoms with Crippen molar-refractivity contribution in [2.24, 2.45) is 0 Å². The van der Waals surface area contributed by atoms with Gasteiger partial charge in [0, 0.05) is 0 Å². The summed E-state index contributed by atoms with van der Waals surface area (Å²) in [6.07, 6.45) is -5.61. The average Bonchev–Trinajstić information content (AvgIpc) is 2.36. The van der Waals surface area contributed by atoms with Crippen molar-refractivity contribution < 1.29 is 22.0 Å². The molecule has 0 spiro atoms. The van der Waals surface area contributed by atoms with Crippen molar-refractivity contribution in [3.8, 4) is 0 Å². The Kier molecular flexibility index (Phi) is 3.24. The van der Waals surface area contributed by atoms with Crippen LogP contribution < -0.4 is 0 Å². The molecule has 0 nitrogen and oxygen atoms in total. The maximum absolute atomic E-state index is 13.4. The van der Waals surface area contributed by atoms with E-state index in [4.69, 9.17) is 0 Å². The van der Waals surface area contributed by atoms with Crippen LogP contribution in [0.4, 0.5) is 22.0 Å². The molecular formula is C14H10F5. The average molecular weight is 273 g/mol. The molecular weight excluding hydrogens is 263 g/mol. The van der Waals surface area contributed by atoms with Crippen molar-refractivity contribution in [3.05, 3.63) is 55.0 Å². The number of hydrogen-bond acceptors (Lipinski definition) is 0. The van der Waals surface area contributed by atoms with Crippen molar-refractivity contribution in [2.45, 2.75) is 18.0 Å². The van der Waals surface area contributed by atoms with Crippen molar-refractivity contribution in [1.82, 2.24) is 0 Å². The molecule has 0 saturated carbocycles. The Hall–Kier alpha value is -1.65. The van der Waals surface area contributed by atoms with Crippen LogP contribution in [0, 0.1) is 6.92 Å². The molecule has 0 aliphatic heterocycles. The van der Waals surface area contributed by atoms with Gasteiger partial charge in [0.1, 0.15) is 0 Å². The number of alkyl halides is 5. The molecule has 2 aromatic rings. The highest BCUT2D eigenvalue weighted by atomic mass is 19.4. The van der Waals surface area contributed by atoms with E-state index in [1.54, 1.807) is 24.3 Å². The van der Waals surface area contributed by atoms with Gasteiger partial charge in [0.25, 0.3) is 0 Å². The fraction of sp³-hybridized carbons (Fsp3) is 0.214. The van der Waals surface area contributed by atoms with Crippen LogP contribution in [-0.4, -0.2) is 12.1 Å². The lowest BCUT2D eigenvalue weighted by Gasteiger charge is -2.26. The van der Waals surface area contributed by atoms with Crippen LogP contribution in [0.25, 0.3) is 10.8 Å². The second-order valence-electron chi connectivity index (χ2n) is 4.24. The minimum atomic E-state index is -5.61. The maximum atomic E-state index is 13.4. The van der Waals surface area contributed by atoms with Crippen LogP contribution in [0.5, 0.6) is 0 Å². The van der Waals surface area contributed by atoms with E-state index in [0.717, 1.165) is 0 Å². The van der Waals surface area contributed by atoms with Gasteiger partial charge in [0.05, 0.1) is 5.92 Å². The Labute approximate surface area is 106 Å². The molecule has 1 unspecified atom stereocenters. The van der Waals surface area contributed by atoms with Crippen LogP contribution in [0.1, 0.15) is 11.5 Å². The summed E-state index contributed by atoms with van der Waals surface area (Å²) in [6, 6.07) is 10.8. The standard InChI is InChI=1S/C14H10F5/c1-9(13(15,16)14(17,18)19)11-8-4-6-10-5-2-3-7-12(10)11/h2-9H,1H2. The second-order valence-corrected chi connectivity index (χ2v) is 4.24. The molecule has 101 valence electrons. The molecule has 0 aliphatic carbocycles. The molecule has 19 heavy (non-hydrogen) atoms. The summed E-state index contributed by atoms with van der Waals surface area (Å²) in [7, 11) is 0. The third-order valence-corrected chi connectivity index (χ3v) is 3.01. The molecule has 2 rings (SSSR count). The number of halogens is 5. The SMILES string of the molecule is [CH2]C(c1cccc2ccccc12)C(F)(F)C(F)(F)F. The molecule has 1 radical (unpaired) electrons. The molecule has 2 aromatic carbocycles. The number of fused-ring (bicyclic) bond motifs is 1. The number of benzene rings is 2. The van der Waals surface area contributed by atoms with Crippen molar-refractivity contribution >= 4 is 10.8 Å². The quantitative estimate of drug-likeness (QED) is 0.679. The fourth-order valence-electron chi connectivity index (χ4n) is 1.95. The van der Waals surface area contributed by atoms with Gasteiger partial charge in [-0.25, -0.2) is 0 Å². The molecule has 0 bridgehead atoms. The van der Waals surface area contributed by atoms with Gasteiger partial charge < -0.3 is 0 Å². The molecule has 0 N–H and O–H groups in total. The van der Waals surface area contributed by atoms with E-state index in [9.17, 15) is 22.0 Å². The minimum absolute atomic E-state index is 0.111. The van der Waals surface area contributed by atoms with E-state index in [1.807, 2.05) is 0 Å². The Morgan fingerprint density at radius 2 is 1.42 bits per heavy atom. The molecule has 0 aliphatic rings. The molecule has 0 saturated heterocycles. The fourth-order valence-corrected chi connectivity index (χ4v) is 1.95. The summed E-state index contributed by atoms with van der Waals surface area (Å²) in [5, 5.41) is 0.959. The lowest BCUT2D eigenvalue weighted by atomic mass is 9.90. The predicted molar refractivity (Wildman–Crippen MR) is 63.0 cm³/mol. The summed E-state index contributed by atoms with van der Waals surface area (Å²) in [6.45, 7) is 3.03. The van der Waals surface area contributed by atoms with Gasteiger partial charge in [-0.2, -0.15) is 22.0 Å². The molecule has 0 amide bonds. The first-order chi connectivity index (χ1) is 8.75. The smallest absolute Gasteiger partial charge is 0.196 e. The van der Waals surface area contributed by atoms with E-state index >= 15 is 0 Å². The number of hydrogen-bond donors (Lipinski definition) is 0. The summed E-state index contributed by atoms with van der Waals surface area (Å²) >= 11 is 0. The molecule has 0 aromatic heterocycles. The van der Waals surface area contributed by atoms with Crippen LogP contribution >= 0.6 is 0 Å². The van der Waals surface area contributed by atoms with Crippen LogP contribution in [0.2, 0.25) is 0 Å². The first kappa shape index (κ1) is 13.8. The van der Waals surface area contributed by atoms with E-state index in [-0.39, 0.29) is 5.56 Å². The maximum Gasteiger partial charge on any atom is 0.453 e. The van der Waals surface area contributed by atoms with Gasteiger partial charge in [-0.3, -0.25) is 0 Å². The first-order valence-electron chi connectivity index (χ1n) is 5.50. The summed E-state index contributed by atoms with van der Waals surface area (Å²) in [4.78, 5) is 0. The zero-order chi connectivity index (χ0) is 14.3. The lowest BCUT2D eigenvalue weighted by Crippen LogP contribution is -2.41. The Bertz CT molecular complexity index is 580. The molecule has 0 fully saturated rings. The highest BCUT2D eigenvalue weighted by Crippen LogP contribution is 2.46. The summed E-state index contributed by atoms with van der Waals surface area (Å²) in [5.74, 6) is -7.05. The largest absolute Gasteiger partial charge is 0.453 e. The monoisotopic (exact) mass is 273 g/mol. The van der Waals surface area contributed by atoms with Gasteiger partial charge >= 0.3 is 12.1 Å². The molecule has 1 atom stereocenters. The molecule has 0 heterocycles. The van der Waals surface area contributed by atoms with E-state index in [2.05, 4.69) is 6.92 Å². The normalized spacial score (nSPS) is 14.6. The second kappa shape index (κ2) is 4.47. The van der Waals surface area contributed by atoms with Crippen molar-refractivity contribution in [3.63, 3.8) is 0 Å². The third kappa shape index (κ3) is 2.29. The molecule has 5 heteroatoms. The topological polar surface area (TPSA) is 0 Å². The zero-order valence-electron chi connectivity index (χ0n) is 9.72. The first-order valence-corrected chi connectivity index (χ1v) is 5.50. The van der Waals surface area contributed by atoms with Crippen molar-refractivity contribution in [2.75, 3.05) is 0 Å². The minimum Gasteiger partial charge on any atom is -0.196 e. The van der Waals surface area contributed by atoms with E-state index < -0.39 is 18.0 Å². The Morgan fingerprint density at radius 1 is 0.842 bits per heavy atom.